The number of ether oxygens (including phenoxy) is 1. The highest BCUT2D eigenvalue weighted by Crippen LogP contribution is 2.47. The van der Waals surface area contributed by atoms with Gasteiger partial charge in [0.2, 0.25) is 0 Å². The van der Waals surface area contributed by atoms with Crippen LogP contribution in [0.5, 0.6) is 11.5 Å². The van der Waals surface area contributed by atoms with Crippen LogP contribution in [0.1, 0.15) is 23.5 Å². The predicted octanol–water partition coefficient (Wildman–Crippen LogP) is 6.59. The number of aliphatic carboxylic acids is 1. The number of hydrogen-bond donors (Lipinski definition) is 2. The molecule has 0 spiro atoms. The maximum Gasteiger partial charge on any atom is 0.307 e. The van der Waals surface area contributed by atoms with Gasteiger partial charge < -0.3 is 15.2 Å². The van der Waals surface area contributed by atoms with Gasteiger partial charge in [0.05, 0.1) is 16.0 Å². The van der Waals surface area contributed by atoms with E-state index in [-0.39, 0.29) is 11.8 Å². The third-order valence-corrected chi connectivity index (χ3v) is 5.71. The van der Waals surface area contributed by atoms with E-state index in [1.165, 1.54) is 0 Å². The first-order valence-electron chi connectivity index (χ1n) is 9.28. The van der Waals surface area contributed by atoms with E-state index in [2.05, 4.69) is 5.32 Å². The fraction of sp³-hybridized carbons (Fsp3) is 0.174. The summed E-state index contributed by atoms with van der Waals surface area (Å²) in [5, 5.41) is 13.4. The van der Waals surface area contributed by atoms with Crippen molar-refractivity contribution in [2.75, 3.05) is 5.32 Å². The molecule has 0 unspecified atom stereocenters. The van der Waals surface area contributed by atoms with Crippen molar-refractivity contribution in [3.8, 4) is 11.5 Å². The topological polar surface area (TPSA) is 58.6 Å². The van der Waals surface area contributed by atoms with Crippen LogP contribution in [0.25, 0.3) is 0 Å². The van der Waals surface area contributed by atoms with Gasteiger partial charge in [-0.05, 0) is 59.9 Å². The molecule has 6 heteroatoms. The Kier molecular flexibility index (Phi) is 5.65. The number of hydrogen-bond acceptors (Lipinski definition) is 3. The summed E-state index contributed by atoms with van der Waals surface area (Å²) in [7, 11) is 0. The van der Waals surface area contributed by atoms with Gasteiger partial charge in [-0.15, -0.1) is 0 Å². The van der Waals surface area contributed by atoms with E-state index in [0.717, 1.165) is 23.2 Å². The second-order valence-corrected chi connectivity index (χ2v) is 7.90. The van der Waals surface area contributed by atoms with E-state index in [1.54, 1.807) is 18.2 Å². The highest BCUT2D eigenvalue weighted by atomic mass is 35.5. The molecule has 0 amide bonds. The lowest BCUT2D eigenvalue weighted by atomic mass is 10.1. The number of rotatable bonds is 7. The molecule has 1 fully saturated rings. The van der Waals surface area contributed by atoms with Crippen molar-refractivity contribution < 1.29 is 14.6 Å². The van der Waals surface area contributed by atoms with Crippen LogP contribution >= 0.6 is 23.2 Å². The summed E-state index contributed by atoms with van der Waals surface area (Å²) in [5.41, 5.74) is 3.14. The van der Waals surface area contributed by atoms with Gasteiger partial charge in [0.1, 0.15) is 11.5 Å². The summed E-state index contributed by atoms with van der Waals surface area (Å²) in [6.07, 6.45) is 0.730. The number of carbonyl (C=O) groups is 1. The minimum Gasteiger partial charge on any atom is -0.481 e. The van der Waals surface area contributed by atoms with E-state index in [4.69, 9.17) is 33.0 Å². The first kappa shape index (κ1) is 19.6. The fourth-order valence-corrected chi connectivity index (χ4v) is 3.57. The van der Waals surface area contributed by atoms with Crippen molar-refractivity contribution >= 4 is 34.9 Å². The summed E-state index contributed by atoms with van der Waals surface area (Å²) in [6, 6.07) is 20.9. The Morgan fingerprint density at radius 2 is 1.76 bits per heavy atom. The zero-order chi connectivity index (χ0) is 20.4. The van der Waals surface area contributed by atoms with Crippen LogP contribution in [0.2, 0.25) is 10.0 Å². The molecular weight excluding hydrogens is 409 g/mol. The van der Waals surface area contributed by atoms with Crippen LogP contribution in [-0.2, 0) is 11.3 Å². The SMILES string of the molecule is O=C(O)[C@@H]1C[C@H]1c1ccc(NCc2cccc(Oc3ccc(Cl)c(Cl)c3)c2)cc1. The quantitative estimate of drug-likeness (QED) is 0.446. The molecule has 148 valence electrons. The van der Waals surface area contributed by atoms with Crippen LogP contribution in [0.4, 0.5) is 5.69 Å². The van der Waals surface area contributed by atoms with Gasteiger partial charge in [0, 0.05) is 18.3 Å². The van der Waals surface area contributed by atoms with Crippen molar-refractivity contribution in [3.63, 3.8) is 0 Å². The summed E-state index contributed by atoms with van der Waals surface area (Å²) in [6.45, 7) is 0.638. The molecule has 1 aliphatic rings. The number of carboxylic acid groups (broad SMARTS) is 1. The molecule has 0 bridgehead atoms. The number of nitrogens with one attached hydrogen (secondary N) is 1. The maximum atomic E-state index is 11.0. The van der Waals surface area contributed by atoms with E-state index in [9.17, 15) is 4.79 Å². The molecule has 3 aromatic carbocycles. The third-order valence-electron chi connectivity index (χ3n) is 4.97. The van der Waals surface area contributed by atoms with E-state index >= 15 is 0 Å². The number of benzene rings is 3. The van der Waals surface area contributed by atoms with Crippen LogP contribution in [0.3, 0.4) is 0 Å². The van der Waals surface area contributed by atoms with Crippen LogP contribution in [0, 0.1) is 5.92 Å². The second kappa shape index (κ2) is 8.36. The lowest BCUT2D eigenvalue weighted by molar-refractivity contribution is -0.138. The highest BCUT2D eigenvalue weighted by Gasteiger charge is 2.43. The maximum absolute atomic E-state index is 11.0. The normalized spacial score (nSPS) is 17.6. The third kappa shape index (κ3) is 4.84. The molecule has 1 saturated carbocycles. The number of carboxylic acids is 1. The van der Waals surface area contributed by atoms with Crippen molar-refractivity contribution in [1.29, 1.82) is 0 Å². The Hall–Kier alpha value is -2.69. The zero-order valence-corrected chi connectivity index (χ0v) is 17.0. The smallest absolute Gasteiger partial charge is 0.307 e. The lowest BCUT2D eigenvalue weighted by Crippen LogP contribution is -2.00. The highest BCUT2D eigenvalue weighted by molar-refractivity contribution is 6.42. The molecule has 4 nitrogen and oxygen atoms in total. The van der Waals surface area contributed by atoms with Crippen LogP contribution in [-0.4, -0.2) is 11.1 Å². The molecular formula is C23H19Cl2NO3. The summed E-state index contributed by atoms with van der Waals surface area (Å²) in [4.78, 5) is 11.0. The standard InChI is InChI=1S/C23H19Cl2NO3/c24-21-9-8-18(11-22(21)25)29-17-3-1-2-14(10-17)13-26-16-6-4-15(5-7-16)19-12-20(19)23(27)28/h1-11,19-20,26H,12-13H2,(H,27,28)/t19-,20+/m0/s1. The van der Waals surface area contributed by atoms with Gasteiger partial charge in [-0.25, -0.2) is 0 Å². The number of anilines is 1. The van der Waals surface area contributed by atoms with Gasteiger partial charge in [0.15, 0.2) is 0 Å². The molecule has 1 aliphatic carbocycles. The van der Waals surface area contributed by atoms with Crippen LogP contribution in [0.15, 0.2) is 66.7 Å². The first-order chi connectivity index (χ1) is 14.0. The van der Waals surface area contributed by atoms with E-state index in [0.29, 0.717) is 28.1 Å². The van der Waals surface area contributed by atoms with Crippen molar-refractivity contribution in [3.05, 3.63) is 87.9 Å². The molecule has 2 N–H and O–H groups in total. The molecule has 0 heterocycles. The predicted molar refractivity (Wildman–Crippen MR) is 115 cm³/mol. The molecule has 0 radical (unpaired) electrons. The summed E-state index contributed by atoms with van der Waals surface area (Å²) < 4.78 is 5.87. The molecule has 29 heavy (non-hydrogen) atoms. The minimum absolute atomic E-state index is 0.150. The monoisotopic (exact) mass is 427 g/mol. The first-order valence-corrected chi connectivity index (χ1v) is 10.0. The van der Waals surface area contributed by atoms with Gasteiger partial charge in [-0.1, -0.05) is 47.5 Å². The summed E-state index contributed by atoms with van der Waals surface area (Å²) >= 11 is 12.0. The average Bonchev–Trinajstić information content (AvgIpc) is 3.51. The largest absolute Gasteiger partial charge is 0.481 e. The van der Waals surface area contributed by atoms with Gasteiger partial charge in [-0.3, -0.25) is 4.79 Å². The molecule has 4 rings (SSSR count). The molecule has 2 atom stereocenters. The Morgan fingerprint density at radius 3 is 2.45 bits per heavy atom. The lowest BCUT2D eigenvalue weighted by Gasteiger charge is -2.10. The van der Waals surface area contributed by atoms with E-state index in [1.807, 2.05) is 48.5 Å². The van der Waals surface area contributed by atoms with Gasteiger partial charge in [0.25, 0.3) is 0 Å². The van der Waals surface area contributed by atoms with Gasteiger partial charge in [-0.2, -0.15) is 0 Å². The Labute approximate surface area is 179 Å². The Bertz CT molecular complexity index is 1040. The molecule has 0 aromatic heterocycles. The van der Waals surface area contributed by atoms with Crippen molar-refractivity contribution in [1.82, 2.24) is 0 Å². The van der Waals surface area contributed by atoms with E-state index < -0.39 is 5.97 Å². The van der Waals surface area contributed by atoms with Crippen LogP contribution < -0.4 is 10.1 Å². The summed E-state index contributed by atoms with van der Waals surface area (Å²) in [5.74, 6) is 0.551. The minimum atomic E-state index is -0.708. The molecule has 3 aromatic rings. The van der Waals surface area contributed by atoms with Crippen molar-refractivity contribution in [2.45, 2.75) is 18.9 Å². The molecule has 0 aliphatic heterocycles. The number of halogens is 2. The fourth-order valence-electron chi connectivity index (χ4n) is 3.28. The van der Waals surface area contributed by atoms with Gasteiger partial charge >= 0.3 is 5.97 Å². The zero-order valence-electron chi connectivity index (χ0n) is 15.4. The molecule has 0 saturated heterocycles. The Morgan fingerprint density at radius 1 is 1.00 bits per heavy atom. The second-order valence-electron chi connectivity index (χ2n) is 7.09. The van der Waals surface area contributed by atoms with Crippen molar-refractivity contribution in [2.24, 2.45) is 5.92 Å². The Balaban J connectivity index is 1.36. The average molecular weight is 428 g/mol.